The van der Waals surface area contributed by atoms with Gasteiger partial charge in [-0.3, -0.25) is 19.1 Å². The molecule has 166 valence electrons. The van der Waals surface area contributed by atoms with Crippen molar-refractivity contribution < 1.29 is 23.2 Å². The van der Waals surface area contributed by atoms with Crippen LogP contribution in [0, 0.1) is 0 Å². The first-order valence-corrected chi connectivity index (χ1v) is 10.4. The maximum absolute atomic E-state index is 14.2. The van der Waals surface area contributed by atoms with E-state index in [0.717, 1.165) is 4.90 Å². The lowest BCUT2D eigenvalue weighted by atomic mass is 10.2. The Balaban J connectivity index is 1.54. The van der Waals surface area contributed by atoms with Crippen LogP contribution in [0.4, 0.5) is 10.2 Å². The molecule has 0 saturated carbocycles. The number of carbonyl (C=O) groups is 3. The molecule has 0 aliphatic carbocycles. The average molecular weight is 505 g/mol. The molecule has 0 aromatic carbocycles. The number of rotatable bonds is 6. The number of aromatic nitrogens is 3. The molecule has 4 rings (SSSR count). The summed E-state index contributed by atoms with van der Waals surface area (Å²) in [7, 11) is 0. The van der Waals surface area contributed by atoms with Gasteiger partial charge in [0.2, 0.25) is 11.8 Å². The quantitative estimate of drug-likeness (QED) is 0.492. The van der Waals surface area contributed by atoms with Crippen molar-refractivity contribution in [1.29, 1.82) is 0 Å². The van der Waals surface area contributed by atoms with E-state index in [2.05, 4.69) is 31.3 Å². The van der Waals surface area contributed by atoms with Crippen LogP contribution in [0.5, 0.6) is 0 Å². The van der Waals surface area contributed by atoms with Gasteiger partial charge in [-0.05, 0) is 40.2 Å². The summed E-state index contributed by atoms with van der Waals surface area (Å²) in [4.78, 5) is 42.6. The minimum atomic E-state index is -1.35. The van der Waals surface area contributed by atoms with E-state index in [-0.39, 0.29) is 31.0 Å². The number of nitrogens with two attached hydrogens (primary N) is 1. The molecule has 12 heteroatoms. The van der Waals surface area contributed by atoms with Crippen molar-refractivity contribution in [3.05, 3.63) is 53.0 Å². The minimum Gasteiger partial charge on any atom is -0.463 e. The van der Waals surface area contributed by atoms with Crippen LogP contribution < -0.4 is 11.1 Å². The Morgan fingerprint density at radius 1 is 1.28 bits per heavy atom. The van der Waals surface area contributed by atoms with E-state index >= 15 is 0 Å². The molecular weight excluding hydrogens is 487 g/mol. The van der Waals surface area contributed by atoms with Crippen LogP contribution in [0.2, 0.25) is 0 Å². The van der Waals surface area contributed by atoms with Crippen molar-refractivity contribution in [3.63, 3.8) is 0 Å². The zero-order chi connectivity index (χ0) is 22.8. The molecule has 0 radical (unpaired) electrons. The van der Waals surface area contributed by atoms with E-state index in [1.807, 2.05) is 0 Å². The summed E-state index contributed by atoms with van der Waals surface area (Å²) in [6.07, 6.45) is -0.0564. The molecule has 0 unspecified atom stereocenters. The van der Waals surface area contributed by atoms with Crippen molar-refractivity contribution in [3.8, 4) is 11.5 Å². The van der Waals surface area contributed by atoms with Crippen molar-refractivity contribution in [2.75, 3.05) is 11.9 Å². The summed E-state index contributed by atoms with van der Waals surface area (Å²) in [6, 6.07) is 8.63. The van der Waals surface area contributed by atoms with Crippen LogP contribution >= 0.6 is 15.9 Å². The molecule has 0 spiro atoms. The summed E-state index contributed by atoms with van der Waals surface area (Å²) in [5.41, 5.74) is 5.62. The molecule has 3 aromatic rings. The van der Waals surface area contributed by atoms with Gasteiger partial charge in [0.05, 0.1) is 12.8 Å². The van der Waals surface area contributed by atoms with Crippen LogP contribution in [0.25, 0.3) is 11.5 Å². The van der Waals surface area contributed by atoms with Gasteiger partial charge in [-0.2, -0.15) is 5.10 Å². The number of nitrogens with zero attached hydrogens (tertiary/aromatic N) is 4. The number of nitrogens with one attached hydrogen (secondary N) is 1. The first kappa shape index (κ1) is 21.7. The zero-order valence-electron chi connectivity index (χ0n) is 16.6. The van der Waals surface area contributed by atoms with Crippen LogP contribution in [-0.2, 0) is 16.1 Å². The summed E-state index contributed by atoms with van der Waals surface area (Å²) in [5.74, 6) is -1.21. The molecule has 1 saturated heterocycles. The van der Waals surface area contributed by atoms with E-state index in [4.69, 9.17) is 10.2 Å². The van der Waals surface area contributed by atoms with Gasteiger partial charge in [0.1, 0.15) is 34.9 Å². The van der Waals surface area contributed by atoms with Gasteiger partial charge in [-0.15, -0.1) is 0 Å². The predicted molar refractivity (Wildman–Crippen MR) is 114 cm³/mol. The van der Waals surface area contributed by atoms with Gasteiger partial charge in [-0.1, -0.05) is 6.07 Å². The summed E-state index contributed by atoms with van der Waals surface area (Å²) < 4.78 is 21.3. The maximum atomic E-state index is 14.2. The molecule has 10 nitrogen and oxygen atoms in total. The highest BCUT2D eigenvalue weighted by Gasteiger charge is 2.40. The Bertz CT molecular complexity index is 1160. The molecule has 3 N–H and O–H groups in total. The highest BCUT2D eigenvalue weighted by atomic mass is 79.9. The molecule has 4 heterocycles. The molecule has 3 amide bonds. The fourth-order valence-corrected chi connectivity index (χ4v) is 3.84. The zero-order valence-corrected chi connectivity index (χ0v) is 18.2. The Kier molecular flexibility index (Phi) is 6.04. The highest BCUT2D eigenvalue weighted by molar-refractivity contribution is 9.10. The number of hydrogen-bond donors (Lipinski definition) is 2. The molecule has 2 atom stereocenters. The van der Waals surface area contributed by atoms with Gasteiger partial charge in [0.15, 0.2) is 11.5 Å². The third kappa shape index (κ3) is 4.54. The largest absolute Gasteiger partial charge is 0.463 e. The molecule has 1 aliphatic rings. The first-order chi connectivity index (χ1) is 15.3. The lowest BCUT2D eigenvalue weighted by Gasteiger charge is -2.23. The van der Waals surface area contributed by atoms with Gasteiger partial charge in [0, 0.05) is 12.5 Å². The summed E-state index contributed by atoms with van der Waals surface area (Å²) in [5, 5.41) is 6.68. The van der Waals surface area contributed by atoms with Gasteiger partial charge < -0.3 is 20.4 Å². The topological polar surface area (TPSA) is 136 Å². The van der Waals surface area contributed by atoms with Crippen LogP contribution in [0.1, 0.15) is 16.9 Å². The Labute approximate surface area is 189 Å². The fraction of sp³-hybridized carbons (Fsp3) is 0.250. The van der Waals surface area contributed by atoms with Gasteiger partial charge in [0.25, 0.3) is 5.91 Å². The average Bonchev–Trinajstić information content (AvgIpc) is 3.47. The number of primary amides is 1. The number of carbonyl (C=O) groups excluding carboxylic acids is 3. The van der Waals surface area contributed by atoms with Crippen molar-refractivity contribution in [1.82, 2.24) is 19.7 Å². The third-order valence-electron chi connectivity index (χ3n) is 4.93. The fourth-order valence-electron chi connectivity index (χ4n) is 3.50. The first-order valence-electron chi connectivity index (χ1n) is 9.60. The van der Waals surface area contributed by atoms with E-state index in [1.54, 1.807) is 30.3 Å². The molecule has 3 aromatic heterocycles. The number of hydrogen-bond acceptors (Lipinski definition) is 6. The standard InChI is InChI=1S/C20H18BrFN6O4/c21-16-4-1-5-17(24-16)25-20(31)14-7-11(22)9-27(14)18(29)10-28-13(15-3-2-6-32-15)8-12(26-28)19(23)30/h1-6,8,11,14H,7,9-10H2,(H2,23,30)(H,24,25,31)/t11-,14+/m1/s1. The van der Waals surface area contributed by atoms with Crippen molar-refractivity contribution >= 4 is 39.5 Å². The second kappa shape index (κ2) is 8.91. The summed E-state index contributed by atoms with van der Waals surface area (Å²) >= 11 is 3.22. The lowest BCUT2D eigenvalue weighted by molar-refractivity contribution is -0.137. The van der Waals surface area contributed by atoms with E-state index in [9.17, 15) is 18.8 Å². The van der Waals surface area contributed by atoms with E-state index < -0.39 is 29.9 Å². The van der Waals surface area contributed by atoms with Crippen LogP contribution in [0.3, 0.4) is 0 Å². The predicted octanol–water partition coefficient (Wildman–Crippen LogP) is 1.98. The number of anilines is 1. The molecule has 1 aliphatic heterocycles. The monoisotopic (exact) mass is 504 g/mol. The normalized spacial score (nSPS) is 18.0. The number of amides is 3. The SMILES string of the molecule is NC(=O)c1cc(-c2ccco2)n(CC(=O)N2C[C@H](F)C[C@H]2C(=O)Nc2cccc(Br)n2)n1. The van der Waals surface area contributed by atoms with E-state index in [0.29, 0.717) is 16.1 Å². The second-order valence-electron chi connectivity index (χ2n) is 7.14. The highest BCUT2D eigenvalue weighted by Crippen LogP contribution is 2.25. The third-order valence-corrected chi connectivity index (χ3v) is 5.37. The van der Waals surface area contributed by atoms with Gasteiger partial charge in [-0.25, -0.2) is 9.37 Å². The number of furan rings is 1. The molecule has 32 heavy (non-hydrogen) atoms. The van der Waals surface area contributed by atoms with Gasteiger partial charge >= 0.3 is 0 Å². The Morgan fingerprint density at radius 2 is 2.09 bits per heavy atom. The minimum absolute atomic E-state index is 0.0518. The number of pyridine rings is 1. The van der Waals surface area contributed by atoms with Crippen molar-refractivity contribution in [2.45, 2.75) is 25.2 Å². The van der Waals surface area contributed by atoms with Crippen LogP contribution in [-0.4, -0.2) is 56.1 Å². The number of likely N-dealkylation sites (tertiary alicyclic amines) is 1. The Hall–Kier alpha value is -3.54. The molecule has 0 bridgehead atoms. The lowest BCUT2D eigenvalue weighted by Crippen LogP contribution is -2.44. The number of alkyl halides is 1. The Morgan fingerprint density at radius 3 is 2.78 bits per heavy atom. The van der Waals surface area contributed by atoms with E-state index in [1.165, 1.54) is 17.0 Å². The van der Waals surface area contributed by atoms with Crippen LogP contribution in [0.15, 0.2) is 51.7 Å². The summed E-state index contributed by atoms with van der Waals surface area (Å²) in [6.45, 7) is -0.572. The maximum Gasteiger partial charge on any atom is 0.269 e. The smallest absolute Gasteiger partial charge is 0.269 e. The number of halogens is 2. The molecular formula is C20H18BrFN6O4. The van der Waals surface area contributed by atoms with Crippen molar-refractivity contribution in [2.24, 2.45) is 5.73 Å². The second-order valence-corrected chi connectivity index (χ2v) is 7.96. The molecule has 1 fully saturated rings.